The number of aromatic nitrogens is 2. The van der Waals surface area contributed by atoms with Gasteiger partial charge in [-0.25, -0.2) is 4.98 Å². The number of hydrogen-bond acceptors (Lipinski definition) is 3. The van der Waals surface area contributed by atoms with Crippen LogP contribution in [0.3, 0.4) is 0 Å². The number of aryl methyl sites for hydroxylation is 1. The number of imidazole rings is 1. The summed E-state index contributed by atoms with van der Waals surface area (Å²) in [5.41, 5.74) is 2.37. The summed E-state index contributed by atoms with van der Waals surface area (Å²) < 4.78 is 2.20. The van der Waals surface area contributed by atoms with Crippen molar-refractivity contribution in [3.63, 3.8) is 0 Å². The minimum absolute atomic E-state index is 0.837. The molecule has 0 saturated carbocycles. The van der Waals surface area contributed by atoms with Crippen LogP contribution in [0, 0.1) is 6.92 Å². The second kappa shape index (κ2) is 6.50. The monoisotopic (exact) mass is 258 g/mol. The van der Waals surface area contributed by atoms with Gasteiger partial charge in [-0.1, -0.05) is 18.2 Å². The second-order valence-electron chi connectivity index (χ2n) is 4.95. The van der Waals surface area contributed by atoms with E-state index in [1.165, 1.54) is 11.4 Å². The average molecular weight is 258 g/mol. The van der Waals surface area contributed by atoms with Crippen molar-refractivity contribution in [1.29, 1.82) is 0 Å². The van der Waals surface area contributed by atoms with Crippen LogP contribution in [0.4, 0.5) is 0 Å². The highest BCUT2D eigenvalue weighted by molar-refractivity contribution is 5.35. The SMILES string of the molecule is Cc1ncc(CNCCN(C)C)n1-c1ccccc1. The zero-order chi connectivity index (χ0) is 13.7. The number of rotatable bonds is 6. The van der Waals surface area contributed by atoms with E-state index in [-0.39, 0.29) is 0 Å². The van der Waals surface area contributed by atoms with Crippen LogP contribution in [-0.4, -0.2) is 41.6 Å². The summed E-state index contributed by atoms with van der Waals surface area (Å²) in [7, 11) is 4.17. The van der Waals surface area contributed by atoms with E-state index >= 15 is 0 Å². The fourth-order valence-corrected chi connectivity index (χ4v) is 2.06. The second-order valence-corrected chi connectivity index (χ2v) is 4.95. The molecule has 2 rings (SSSR count). The molecule has 1 N–H and O–H groups in total. The van der Waals surface area contributed by atoms with Crippen LogP contribution >= 0.6 is 0 Å². The lowest BCUT2D eigenvalue weighted by Crippen LogP contribution is -2.26. The molecule has 4 nitrogen and oxygen atoms in total. The Morgan fingerprint density at radius 2 is 1.95 bits per heavy atom. The Bertz CT molecular complexity index is 502. The Morgan fingerprint density at radius 3 is 2.63 bits per heavy atom. The third-order valence-corrected chi connectivity index (χ3v) is 3.07. The third kappa shape index (κ3) is 3.66. The van der Waals surface area contributed by atoms with Gasteiger partial charge in [0.2, 0.25) is 0 Å². The Kier molecular flexibility index (Phi) is 4.71. The standard InChI is InChI=1S/C15H22N4/c1-13-17-12-15(11-16-9-10-18(2)3)19(13)14-7-5-4-6-8-14/h4-8,12,16H,9-11H2,1-3H3. The van der Waals surface area contributed by atoms with Crippen LogP contribution in [-0.2, 0) is 6.54 Å². The smallest absolute Gasteiger partial charge is 0.110 e. The molecule has 1 aromatic carbocycles. The highest BCUT2D eigenvalue weighted by atomic mass is 15.1. The minimum Gasteiger partial charge on any atom is -0.310 e. The molecule has 0 unspecified atom stereocenters. The van der Waals surface area contributed by atoms with Gasteiger partial charge in [-0.15, -0.1) is 0 Å². The van der Waals surface area contributed by atoms with Gasteiger partial charge in [0.1, 0.15) is 5.82 Å². The predicted octanol–water partition coefficient (Wildman–Crippen LogP) is 1.83. The van der Waals surface area contributed by atoms with Crippen molar-refractivity contribution < 1.29 is 0 Å². The summed E-state index contributed by atoms with van der Waals surface area (Å²) in [5, 5.41) is 3.45. The first-order valence-electron chi connectivity index (χ1n) is 6.62. The molecule has 0 fully saturated rings. The molecule has 1 heterocycles. The summed E-state index contributed by atoms with van der Waals surface area (Å²) in [5.74, 6) is 1.02. The van der Waals surface area contributed by atoms with E-state index < -0.39 is 0 Å². The third-order valence-electron chi connectivity index (χ3n) is 3.07. The van der Waals surface area contributed by atoms with Crippen LogP contribution in [0.5, 0.6) is 0 Å². The molecule has 0 aliphatic heterocycles. The average Bonchev–Trinajstić information content (AvgIpc) is 2.77. The van der Waals surface area contributed by atoms with E-state index in [1.54, 1.807) is 0 Å². The van der Waals surface area contributed by atoms with Gasteiger partial charge in [0.25, 0.3) is 0 Å². The van der Waals surface area contributed by atoms with E-state index in [0.29, 0.717) is 0 Å². The Morgan fingerprint density at radius 1 is 1.21 bits per heavy atom. The van der Waals surface area contributed by atoms with E-state index in [9.17, 15) is 0 Å². The van der Waals surface area contributed by atoms with Gasteiger partial charge in [0, 0.05) is 25.3 Å². The number of benzene rings is 1. The van der Waals surface area contributed by atoms with Crippen LogP contribution < -0.4 is 5.32 Å². The molecule has 4 heteroatoms. The molecule has 2 aromatic rings. The van der Waals surface area contributed by atoms with Crippen molar-refractivity contribution in [2.45, 2.75) is 13.5 Å². The quantitative estimate of drug-likeness (QED) is 0.803. The number of hydrogen-bond donors (Lipinski definition) is 1. The zero-order valence-corrected chi connectivity index (χ0v) is 11.9. The van der Waals surface area contributed by atoms with E-state index in [2.05, 4.69) is 58.1 Å². The van der Waals surface area contributed by atoms with Crippen LogP contribution in [0.1, 0.15) is 11.5 Å². The molecule has 0 spiro atoms. The van der Waals surface area contributed by atoms with Crippen molar-refractivity contribution in [2.75, 3.05) is 27.2 Å². The Balaban J connectivity index is 2.06. The first kappa shape index (κ1) is 13.8. The van der Waals surface area contributed by atoms with Crippen LogP contribution in [0.15, 0.2) is 36.5 Å². The summed E-state index contributed by atoms with van der Waals surface area (Å²) in [4.78, 5) is 6.59. The number of nitrogens with zero attached hydrogens (tertiary/aromatic N) is 3. The van der Waals surface area contributed by atoms with Crippen LogP contribution in [0.2, 0.25) is 0 Å². The molecular formula is C15H22N4. The topological polar surface area (TPSA) is 33.1 Å². The van der Waals surface area contributed by atoms with Crippen molar-refractivity contribution in [1.82, 2.24) is 19.8 Å². The highest BCUT2D eigenvalue weighted by Gasteiger charge is 2.07. The molecule has 19 heavy (non-hydrogen) atoms. The lowest BCUT2D eigenvalue weighted by atomic mass is 10.3. The maximum absolute atomic E-state index is 4.42. The molecule has 0 saturated heterocycles. The maximum Gasteiger partial charge on any atom is 0.110 e. The lowest BCUT2D eigenvalue weighted by molar-refractivity contribution is 0.399. The lowest BCUT2D eigenvalue weighted by Gasteiger charge is -2.13. The van der Waals surface area contributed by atoms with Gasteiger partial charge in [-0.3, -0.25) is 4.57 Å². The molecular weight excluding hydrogens is 236 g/mol. The molecule has 0 atom stereocenters. The minimum atomic E-state index is 0.837. The zero-order valence-electron chi connectivity index (χ0n) is 11.9. The molecule has 0 amide bonds. The van der Waals surface area contributed by atoms with Gasteiger partial charge >= 0.3 is 0 Å². The van der Waals surface area contributed by atoms with Gasteiger partial charge in [-0.05, 0) is 33.2 Å². The van der Waals surface area contributed by atoms with E-state index in [0.717, 1.165) is 25.5 Å². The molecule has 0 radical (unpaired) electrons. The highest BCUT2D eigenvalue weighted by Crippen LogP contribution is 2.14. The first-order chi connectivity index (χ1) is 9.18. The fourth-order valence-electron chi connectivity index (χ4n) is 2.06. The first-order valence-corrected chi connectivity index (χ1v) is 6.62. The van der Waals surface area contributed by atoms with Gasteiger partial charge in [0.05, 0.1) is 11.9 Å². The number of para-hydroxylation sites is 1. The predicted molar refractivity (Wildman–Crippen MR) is 78.6 cm³/mol. The summed E-state index contributed by atoms with van der Waals surface area (Å²) >= 11 is 0. The summed E-state index contributed by atoms with van der Waals surface area (Å²) in [6.07, 6.45) is 1.95. The molecule has 0 aliphatic carbocycles. The van der Waals surface area contributed by atoms with E-state index in [1.807, 2.05) is 19.2 Å². The fraction of sp³-hybridized carbons (Fsp3) is 0.400. The normalized spacial score (nSPS) is 11.2. The summed E-state index contributed by atoms with van der Waals surface area (Å²) in [6.45, 7) is 4.89. The van der Waals surface area contributed by atoms with Gasteiger partial charge in [0.15, 0.2) is 0 Å². The molecule has 102 valence electrons. The molecule has 1 aromatic heterocycles. The molecule has 0 aliphatic rings. The van der Waals surface area contributed by atoms with Crippen molar-refractivity contribution in [3.05, 3.63) is 48.0 Å². The van der Waals surface area contributed by atoms with Gasteiger partial charge < -0.3 is 10.2 Å². The molecule has 0 bridgehead atoms. The van der Waals surface area contributed by atoms with Crippen molar-refractivity contribution in [3.8, 4) is 5.69 Å². The Hall–Kier alpha value is -1.65. The Labute approximate surface area is 115 Å². The summed E-state index contributed by atoms with van der Waals surface area (Å²) in [6, 6.07) is 10.4. The van der Waals surface area contributed by atoms with Gasteiger partial charge in [-0.2, -0.15) is 0 Å². The maximum atomic E-state index is 4.42. The van der Waals surface area contributed by atoms with E-state index in [4.69, 9.17) is 0 Å². The van der Waals surface area contributed by atoms with Crippen molar-refractivity contribution in [2.24, 2.45) is 0 Å². The van der Waals surface area contributed by atoms with Crippen LogP contribution in [0.25, 0.3) is 5.69 Å². The number of likely N-dealkylation sites (N-methyl/N-ethyl adjacent to an activating group) is 1. The van der Waals surface area contributed by atoms with Crippen molar-refractivity contribution >= 4 is 0 Å². The largest absolute Gasteiger partial charge is 0.310 e. The number of nitrogens with one attached hydrogen (secondary N) is 1.